The molecule has 37 heavy (non-hydrogen) atoms. The Hall–Kier alpha value is -3.81. The van der Waals surface area contributed by atoms with Crippen molar-refractivity contribution in [1.29, 1.82) is 0 Å². The normalized spacial score (nSPS) is 17.7. The first-order valence-corrected chi connectivity index (χ1v) is 12.9. The van der Waals surface area contributed by atoms with E-state index in [1.165, 1.54) is 7.11 Å². The van der Waals surface area contributed by atoms with E-state index in [2.05, 4.69) is 5.32 Å². The summed E-state index contributed by atoms with van der Waals surface area (Å²) < 4.78 is 6.91. The lowest BCUT2D eigenvalue weighted by Gasteiger charge is -2.39. The summed E-state index contributed by atoms with van der Waals surface area (Å²) in [4.78, 5) is 42.5. The average molecular weight is 503 g/mol. The van der Waals surface area contributed by atoms with Crippen molar-refractivity contribution >= 4 is 28.8 Å². The number of ether oxygens (including phenoxy) is 1. The van der Waals surface area contributed by atoms with E-state index in [-0.39, 0.29) is 17.4 Å². The number of amides is 3. The predicted molar refractivity (Wildman–Crippen MR) is 141 cm³/mol. The minimum Gasteiger partial charge on any atom is -0.467 e. The van der Waals surface area contributed by atoms with Crippen LogP contribution in [0, 0.1) is 5.41 Å². The van der Waals surface area contributed by atoms with Crippen LogP contribution in [0.3, 0.4) is 0 Å². The monoisotopic (exact) mass is 502 g/mol. The zero-order valence-electron chi connectivity index (χ0n) is 21.5. The summed E-state index contributed by atoms with van der Waals surface area (Å²) in [6, 6.07) is 18.6. The fraction of sp³-hybridized carbons (Fsp3) is 0.414. The molecule has 0 bridgehead atoms. The van der Waals surface area contributed by atoms with Crippen molar-refractivity contribution in [1.82, 2.24) is 19.7 Å². The Morgan fingerprint density at radius 2 is 1.59 bits per heavy atom. The number of esters is 1. The molecule has 1 spiro atoms. The number of nitrogens with one attached hydrogen (secondary N) is 1. The molecule has 2 fully saturated rings. The zero-order valence-corrected chi connectivity index (χ0v) is 21.5. The van der Waals surface area contributed by atoms with Crippen LogP contribution in [0.2, 0.25) is 0 Å². The van der Waals surface area contributed by atoms with Gasteiger partial charge in [0, 0.05) is 50.6 Å². The van der Waals surface area contributed by atoms with Crippen molar-refractivity contribution < 1.29 is 19.1 Å². The van der Waals surface area contributed by atoms with E-state index in [4.69, 9.17) is 4.74 Å². The molecule has 5 rings (SSSR count). The maximum Gasteiger partial charge on any atom is 0.328 e. The molecule has 194 valence electrons. The number of methoxy groups -OCH3 is 1. The number of carbonyl (C=O) groups excluding carboxylic acids is 3. The van der Waals surface area contributed by atoms with Crippen LogP contribution in [0.4, 0.5) is 4.79 Å². The molecule has 3 heterocycles. The lowest BCUT2D eigenvalue weighted by Crippen LogP contribution is -2.50. The molecular weight excluding hydrogens is 468 g/mol. The summed E-state index contributed by atoms with van der Waals surface area (Å²) in [6.07, 6.45) is 3.00. The molecule has 0 unspecified atom stereocenters. The molecule has 2 aliphatic heterocycles. The van der Waals surface area contributed by atoms with Crippen molar-refractivity contribution in [2.75, 3.05) is 33.3 Å². The molecule has 0 aliphatic carbocycles. The van der Waals surface area contributed by atoms with Crippen molar-refractivity contribution in [3.05, 3.63) is 71.9 Å². The summed E-state index contributed by atoms with van der Waals surface area (Å²) in [5.41, 5.74) is 2.72. The van der Waals surface area contributed by atoms with Gasteiger partial charge in [-0.3, -0.25) is 4.79 Å². The fourth-order valence-corrected chi connectivity index (χ4v) is 5.78. The number of urea groups is 1. The van der Waals surface area contributed by atoms with Gasteiger partial charge in [0.2, 0.25) is 0 Å². The van der Waals surface area contributed by atoms with Crippen LogP contribution in [0.15, 0.2) is 60.7 Å². The highest BCUT2D eigenvalue weighted by atomic mass is 16.5. The summed E-state index contributed by atoms with van der Waals surface area (Å²) in [5.74, 6) is -0.394. The number of hydrogen-bond acceptors (Lipinski definition) is 4. The van der Waals surface area contributed by atoms with Crippen molar-refractivity contribution in [2.24, 2.45) is 12.5 Å². The van der Waals surface area contributed by atoms with E-state index < -0.39 is 12.0 Å². The van der Waals surface area contributed by atoms with E-state index in [0.717, 1.165) is 35.7 Å². The number of benzene rings is 2. The number of likely N-dealkylation sites (tertiary alicyclic amines) is 2. The first-order chi connectivity index (χ1) is 17.9. The molecule has 3 amide bonds. The molecular formula is C29H34N4O4. The van der Waals surface area contributed by atoms with Gasteiger partial charge >= 0.3 is 12.0 Å². The third kappa shape index (κ3) is 5.05. The van der Waals surface area contributed by atoms with Gasteiger partial charge in [-0.15, -0.1) is 0 Å². The van der Waals surface area contributed by atoms with Gasteiger partial charge in [0.15, 0.2) is 0 Å². The minimum absolute atomic E-state index is 0.00718. The number of hydrogen-bond donors (Lipinski definition) is 1. The van der Waals surface area contributed by atoms with Crippen LogP contribution in [-0.4, -0.2) is 71.6 Å². The van der Waals surface area contributed by atoms with Gasteiger partial charge in [0.05, 0.1) is 7.11 Å². The van der Waals surface area contributed by atoms with Gasteiger partial charge in [-0.05, 0) is 42.4 Å². The van der Waals surface area contributed by atoms with Crippen LogP contribution in [0.25, 0.3) is 10.9 Å². The number of carbonyl (C=O) groups is 3. The molecule has 3 aromatic rings. The second-order valence-electron chi connectivity index (χ2n) is 10.3. The number of nitrogens with zero attached hydrogens (tertiary/aromatic N) is 3. The lowest BCUT2D eigenvalue weighted by molar-refractivity contribution is -0.142. The van der Waals surface area contributed by atoms with Crippen LogP contribution >= 0.6 is 0 Å². The van der Waals surface area contributed by atoms with E-state index in [1.807, 2.05) is 82.1 Å². The molecule has 1 N–H and O–H groups in total. The summed E-state index contributed by atoms with van der Waals surface area (Å²) in [7, 11) is 3.28. The smallest absolute Gasteiger partial charge is 0.328 e. The van der Waals surface area contributed by atoms with Gasteiger partial charge < -0.3 is 24.4 Å². The second kappa shape index (κ2) is 10.3. The molecule has 2 aliphatic rings. The molecule has 8 heteroatoms. The van der Waals surface area contributed by atoms with Crippen molar-refractivity contribution in [3.8, 4) is 0 Å². The van der Waals surface area contributed by atoms with E-state index in [1.54, 1.807) is 0 Å². The van der Waals surface area contributed by atoms with E-state index in [0.29, 0.717) is 38.3 Å². The zero-order chi connectivity index (χ0) is 26.0. The summed E-state index contributed by atoms with van der Waals surface area (Å²) in [5, 5.41) is 3.96. The number of rotatable bonds is 5. The number of aryl methyl sites for hydroxylation is 1. The Labute approximate surface area is 217 Å². The minimum atomic E-state index is -0.739. The van der Waals surface area contributed by atoms with Gasteiger partial charge in [0.25, 0.3) is 5.91 Å². The molecule has 0 saturated carbocycles. The predicted octanol–water partition coefficient (Wildman–Crippen LogP) is 3.60. The molecule has 1 aromatic heterocycles. The van der Waals surface area contributed by atoms with Crippen LogP contribution in [0.1, 0.15) is 35.3 Å². The number of para-hydroxylation sites is 1. The van der Waals surface area contributed by atoms with Crippen LogP contribution in [-0.2, 0) is 23.0 Å². The molecule has 0 radical (unpaired) electrons. The van der Waals surface area contributed by atoms with Gasteiger partial charge in [-0.1, -0.05) is 48.5 Å². The second-order valence-corrected chi connectivity index (χ2v) is 10.3. The van der Waals surface area contributed by atoms with Crippen LogP contribution in [0.5, 0.6) is 0 Å². The molecule has 2 aromatic carbocycles. The lowest BCUT2D eigenvalue weighted by atomic mass is 9.77. The standard InChI is InChI=1S/C29H34N4O4/c1-31-24-11-7-6-10-22(24)19-25(31)26(34)32-15-12-29(13-16-32)14-17-33(20-29)28(36)30-23(27(35)37-2)18-21-8-4-3-5-9-21/h3-11,19,23H,12-18,20H2,1-2H3,(H,30,36)/t23-/m0/s1. The number of piperidine rings is 1. The Morgan fingerprint density at radius 1 is 0.946 bits per heavy atom. The number of aromatic nitrogens is 1. The SMILES string of the molecule is COC(=O)[C@H](Cc1ccccc1)NC(=O)N1CCC2(CCN(C(=O)c3cc4ccccc4n3C)CC2)C1. The largest absolute Gasteiger partial charge is 0.467 e. The first-order valence-electron chi connectivity index (χ1n) is 12.9. The average Bonchev–Trinajstić information content (AvgIpc) is 3.50. The first kappa shape index (κ1) is 24.9. The maximum absolute atomic E-state index is 13.3. The Morgan fingerprint density at radius 3 is 2.27 bits per heavy atom. The van der Waals surface area contributed by atoms with Crippen molar-refractivity contribution in [3.63, 3.8) is 0 Å². The Kier molecular flexibility index (Phi) is 6.91. The topological polar surface area (TPSA) is 83.9 Å². The van der Waals surface area contributed by atoms with Gasteiger partial charge in [0.1, 0.15) is 11.7 Å². The quantitative estimate of drug-likeness (QED) is 0.541. The van der Waals surface area contributed by atoms with Gasteiger partial charge in [-0.25, -0.2) is 9.59 Å². The highest BCUT2D eigenvalue weighted by Crippen LogP contribution is 2.40. The third-order valence-corrected chi connectivity index (χ3v) is 8.07. The maximum atomic E-state index is 13.3. The Bertz CT molecular complexity index is 1290. The summed E-state index contributed by atoms with van der Waals surface area (Å²) >= 11 is 0. The van der Waals surface area contributed by atoms with E-state index >= 15 is 0 Å². The molecule has 1 atom stereocenters. The number of fused-ring (bicyclic) bond motifs is 1. The van der Waals surface area contributed by atoms with Crippen molar-refractivity contribution in [2.45, 2.75) is 31.7 Å². The van der Waals surface area contributed by atoms with Gasteiger partial charge in [-0.2, -0.15) is 0 Å². The highest BCUT2D eigenvalue weighted by molar-refractivity contribution is 5.98. The molecule has 8 nitrogen and oxygen atoms in total. The molecule has 2 saturated heterocycles. The fourth-order valence-electron chi connectivity index (χ4n) is 5.78. The highest BCUT2D eigenvalue weighted by Gasteiger charge is 2.43. The third-order valence-electron chi connectivity index (χ3n) is 8.07. The van der Waals surface area contributed by atoms with Crippen LogP contribution < -0.4 is 5.32 Å². The summed E-state index contributed by atoms with van der Waals surface area (Å²) in [6.45, 7) is 2.62. The Balaban J connectivity index is 1.19. The van der Waals surface area contributed by atoms with E-state index in [9.17, 15) is 14.4 Å².